The molecule has 3 rings (SSSR count). The molecule has 0 atom stereocenters. The van der Waals surface area contributed by atoms with Crippen molar-refractivity contribution in [2.45, 2.75) is 15.8 Å². The van der Waals surface area contributed by atoms with E-state index in [1.807, 2.05) is 30.3 Å². The van der Waals surface area contributed by atoms with Crippen molar-refractivity contribution >= 4 is 27.7 Å². The van der Waals surface area contributed by atoms with Crippen LogP contribution in [0.3, 0.4) is 0 Å². The van der Waals surface area contributed by atoms with Crippen molar-refractivity contribution in [2.24, 2.45) is 0 Å². The van der Waals surface area contributed by atoms with Gasteiger partial charge in [0, 0.05) is 5.75 Å². The first-order chi connectivity index (χ1) is 11.5. The van der Waals surface area contributed by atoms with Crippen LogP contribution in [0.2, 0.25) is 0 Å². The maximum atomic E-state index is 12.9. The molecule has 0 saturated carbocycles. The van der Waals surface area contributed by atoms with E-state index >= 15 is 0 Å². The van der Waals surface area contributed by atoms with Gasteiger partial charge in [-0.15, -0.1) is 5.10 Å². The van der Waals surface area contributed by atoms with Crippen LogP contribution in [0.5, 0.6) is 0 Å². The van der Waals surface area contributed by atoms with Crippen LogP contribution in [0.25, 0.3) is 0 Å². The highest BCUT2D eigenvalue weighted by atomic mass is 32.2. The maximum absolute atomic E-state index is 12.9. The number of nitrogens with one attached hydrogen (secondary N) is 2. The van der Waals surface area contributed by atoms with Crippen LogP contribution >= 0.6 is 11.8 Å². The Morgan fingerprint density at radius 1 is 1.08 bits per heavy atom. The lowest BCUT2D eigenvalue weighted by Gasteiger charge is -2.04. The Labute approximate surface area is 142 Å². The van der Waals surface area contributed by atoms with E-state index < -0.39 is 15.8 Å². The Hall–Kier alpha value is -2.39. The first-order valence-corrected chi connectivity index (χ1v) is 9.37. The molecule has 24 heavy (non-hydrogen) atoms. The highest BCUT2D eigenvalue weighted by molar-refractivity contribution is 7.98. The van der Waals surface area contributed by atoms with Crippen molar-refractivity contribution in [3.8, 4) is 0 Å². The SMILES string of the molecule is O=S(=O)(Nc1nc(SCc2ccccc2)n[nH]1)c1ccc(F)cc1. The minimum atomic E-state index is -3.84. The monoisotopic (exact) mass is 364 g/mol. The summed E-state index contributed by atoms with van der Waals surface area (Å²) in [4.78, 5) is 4.03. The molecule has 0 aliphatic rings. The van der Waals surface area contributed by atoms with Gasteiger partial charge < -0.3 is 0 Å². The van der Waals surface area contributed by atoms with Gasteiger partial charge in [0.05, 0.1) is 4.90 Å². The van der Waals surface area contributed by atoms with Crippen molar-refractivity contribution in [2.75, 3.05) is 4.72 Å². The number of thioether (sulfide) groups is 1. The van der Waals surface area contributed by atoms with Crippen molar-refractivity contribution in [3.63, 3.8) is 0 Å². The molecule has 2 aromatic carbocycles. The van der Waals surface area contributed by atoms with E-state index in [2.05, 4.69) is 19.9 Å². The number of hydrogen-bond donors (Lipinski definition) is 2. The number of halogens is 1. The minimum absolute atomic E-state index is 0.00915. The number of rotatable bonds is 6. The third kappa shape index (κ3) is 4.12. The summed E-state index contributed by atoms with van der Waals surface area (Å²) in [5, 5.41) is 6.92. The van der Waals surface area contributed by atoms with Gasteiger partial charge in [0.1, 0.15) is 5.82 Å². The number of anilines is 1. The number of sulfonamides is 1. The molecule has 0 radical (unpaired) electrons. The lowest BCUT2D eigenvalue weighted by atomic mass is 10.2. The molecular weight excluding hydrogens is 351 g/mol. The molecule has 0 saturated heterocycles. The molecule has 6 nitrogen and oxygen atoms in total. The fraction of sp³-hybridized carbons (Fsp3) is 0.0667. The average Bonchev–Trinajstić information content (AvgIpc) is 3.01. The van der Waals surface area contributed by atoms with E-state index in [9.17, 15) is 12.8 Å². The summed E-state index contributed by atoms with van der Waals surface area (Å²) in [6.45, 7) is 0. The fourth-order valence-electron chi connectivity index (χ4n) is 1.88. The number of H-pyrrole nitrogens is 1. The van der Waals surface area contributed by atoms with E-state index in [0.29, 0.717) is 10.9 Å². The van der Waals surface area contributed by atoms with Crippen LogP contribution < -0.4 is 4.72 Å². The highest BCUT2D eigenvalue weighted by Crippen LogP contribution is 2.21. The predicted molar refractivity (Wildman–Crippen MR) is 89.6 cm³/mol. The molecule has 0 amide bonds. The summed E-state index contributed by atoms with van der Waals surface area (Å²) in [5.74, 6) is 0.172. The van der Waals surface area contributed by atoms with E-state index in [-0.39, 0.29) is 10.8 Å². The molecule has 3 aromatic rings. The quantitative estimate of drug-likeness (QED) is 0.657. The normalized spacial score (nSPS) is 11.4. The smallest absolute Gasteiger partial charge is 0.248 e. The Kier molecular flexibility index (Phi) is 4.81. The number of hydrogen-bond acceptors (Lipinski definition) is 5. The van der Waals surface area contributed by atoms with E-state index in [0.717, 1.165) is 17.7 Å². The molecule has 9 heteroatoms. The topological polar surface area (TPSA) is 87.7 Å². The van der Waals surface area contributed by atoms with E-state index in [4.69, 9.17) is 0 Å². The van der Waals surface area contributed by atoms with Gasteiger partial charge in [0.2, 0.25) is 11.1 Å². The molecule has 0 aliphatic carbocycles. The molecule has 0 bridgehead atoms. The zero-order valence-electron chi connectivity index (χ0n) is 12.3. The van der Waals surface area contributed by atoms with Crippen molar-refractivity contribution in [1.29, 1.82) is 0 Å². The van der Waals surface area contributed by atoms with Gasteiger partial charge in [-0.3, -0.25) is 0 Å². The average molecular weight is 364 g/mol. The van der Waals surface area contributed by atoms with Gasteiger partial charge >= 0.3 is 0 Å². The minimum Gasteiger partial charge on any atom is -0.248 e. The van der Waals surface area contributed by atoms with Gasteiger partial charge in [-0.25, -0.2) is 22.6 Å². The van der Waals surface area contributed by atoms with Gasteiger partial charge in [0.15, 0.2) is 0 Å². The zero-order chi connectivity index (χ0) is 17.0. The number of nitrogens with zero attached hydrogens (tertiary/aromatic N) is 2. The van der Waals surface area contributed by atoms with Crippen LogP contribution in [0.1, 0.15) is 5.56 Å². The van der Waals surface area contributed by atoms with Gasteiger partial charge in [-0.05, 0) is 29.8 Å². The fourth-order valence-corrected chi connectivity index (χ4v) is 3.59. The Bertz CT molecular complexity index is 912. The largest absolute Gasteiger partial charge is 0.264 e. The van der Waals surface area contributed by atoms with Crippen molar-refractivity contribution in [3.05, 3.63) is 66.0 Å². The second kappa shape index (κ2) is 7.02. The van der Waals surface area contributed by atoms with Crippen LogP contribution in [0.4, 0.5) is 10.3 Å². The molecule has 0 fully saturated rings. The van der Waals surface area contributed by atoms with E-state index in [1.54, 1.807) is 0 Å². The maximum Gasteiger partial charge on any atom is 0.264 e. The van der Waals surface area contributed by atoms with Gasteiger partial charge in [-0.1, -0.05) is 42.1 Å². The van der Waals surface area contributed by atoms with Crippen LogP contribution in [-0.4, -0.2) is 23.6 Å². The first-order valence-electron chi connectivity index (χ1n) is 6.90. The zero-order valence-corrected chi connectivity index (χ0v) is 13.9. The third-order valence-corrected chi connectivity index (χ3v) is 5.30. The summed E-state index contributed by atoms with van der Waals surface area (Å²) >= 11 is 1.38. The van der Waals surface area contributed by atoms with Crippen LogP contribution in [-0.2, 0) is 15.8 Å². The third-order valence-electron chi connectivity index (χ3n) is 3.03. The van der Waals surface area contributed by atoms with Gasteiger partial charge in [-0.2, -0.15) is 4.98 Å². The van der Waals surface area contributed by atoms with Crippen LogP contribution in [0, 0.1) is 5.82 Å². The first kappa shape index (κ1) is 16.5. The molecule has 0 spiro atoms. The summed E-state index contributed by atoms with van der Waals surface area (Å²) in [6, 6.07) is 14.3. The Balaban J connectivity index is 1.66. The molecule has 124 valence electrons. The summed E-state index contributed by atoms with van der Waals surface area (Å²) < 4.78 is 39.5. The summed E-state index contributed by atoms with van der Waals surface area (Å²) in [5.41, 5.74) is 1.11. The predicted octanol–water partition coefficient (Wildman–Crippen LogP) is 3.04. The lowest BCUT2D eigenvalue weighted by molar-refractivity contribution is 0.599. The van der Waals surface area contributed by atoms with Crippen molar-refractivity contribution < 1.29 is 12.8 Å². The second-order valence-electron chi connectivity index (χ2n) is 4.80. The molecule has 1 heterocycles. The standard InChI is InChI=1S/C15H13FN4O2S2/c16-12-6-8-13(9-7-12)24(21,22)20-14-17-15(19-18-14)23-10-11-4-2-1-3-5-11/h1-9H,10H2,(H2,17,18,19,20). The van der Waals surface area contributed by atoms with Gasteiger partial charge in [0.25, 0.3) is 10.0 Å². The number of benzene rings is 2. The Morgan fingerprint density at radius 2 is 1.79 bits per heavy atom. The second-order valence-corrected chi connectivity index (χ2v) is 7.43. The molecular formula is C15H13FN4O2S2. The van der Waals surface area contributed by atoms with Crippen LogP contribution in [0.15, 0.2) is 64.6 Å². The molecule has 0 unspecified atom stereocenters. The van der Waals surface area contributed by atoms with E-state index in [1.165, 1.54) is 23.9 Å². The highest BCUT2D eigenvalue weighted by Gasteiger charge is 2.16. The summed E-state index contributed by atoms with van der Waals surface area (Å²) in [7, 11) is -3.84. The summed E-state index contributed by atoms with van der Waals surface area (Å²) in [6.07, 6.45) is 0. The molecule has 2 N–H and O–H groups in total. The lowest BCUT2D eigenvalue weighted by Crippen LogP contribution is -2.13. The number of aromatic nitrogens is 3. The number of aromatic amines is 1. The Morgan fingerprint density at radius 3 is 2.50 bits per heavy atom. The molecule has 1 aromatic heterocycles. The van der Waals surface area contributed by atoms with Crippen molar-refractivity contribution in [1.82, 2.24) is 15.2 Å². The molecule has 0 aliphatic heterocycles.